The molecule has 0 aliphatic carbocycles. The minimum atomic E-state index is -3.94. The molecule has 3 N–H and O–H groups in total. The Morgan fingerprint density at radius 1 is 1.38 bits per heavy atom. The predicted molar refractivity (Wildman–Crippen MR) is 80.0 cm³/mol. The van der Waals surface area contributed by atoms with Gasteiger partial charge in [-0.15, -0.1) is 0 Å². The van der Waals surface area contributed by atoms with Crippen molar-refractivity contribution in [3.8, 4) is 0 Å². The summed E-state index contributed by atoms with van der Waals surface area (Å²) in [6, 6.07) is 1.31. The van der Waals surface area contributed by atoms with Crippen LogP contribution in [0.25, 0.3) is 0 Å². The van der Waals surface area contributed by atoms with Crippen molar-refractivity contribution in [3.05, 3.63) is 28.2 Å². The van der Waals surface area contributed by atoms with E-state index in [2.05, 4.69) is 20.7 Å². The van der Waals surface area contributed by atoms with E-state index in [1.54, 1.807) is 0 Å². The molecule has 1 unspecified atom stereocenters. The Kier molecular flexibility index (Phi) is 5.18. The number of benzene rings is 1. The molecule has 1 saturated heterocycles. The molecule has 0 bridgehead atoms. The second-order valence-electron chi connectivity index (χ2n) is 4.85. The van der Waals surface area contributed by atoms with Crippen LogP contribution in [0.15, 0.2) is 16.6 Å². The fourth-order valence-corrected chi connectivity index (χ4v) is 4.53. The first-order chi connectivity index (χ1) is 9.85. The Hall–Kier alpha value is -0.770. The van der Waals surface area contributed by atoms with E-state index in [0.717, 1.165) is 18.9 Å². The van der Waals surface area contributed by atoms with Crippen LogP contribution in [0.4, 0.5) is 14.5 Å². The zero-order valence-electron chi connectivity index (χ0n) is 11.2. The van der Waals surface area contributed by atoms with Crippen molar-refractivity contribution >= 4 is 31.8 Å². The van der Waals surface area contributed by atoms with Crippen molar-refractivity contribution in [1.82, 2.24) is 4.31 Å². The summed E-state index contributed by atoms with van der Waals surface area (Å²) in [5, 5.41) is 0. The van der Waals surface area contributed by atoms with Gasteiger partial charge in [0.15, 0.2) is 5.82 Å². The van der Waals surface area contributed by atoms with Gasteiger partial charge in [-0.05, 0) is 34.8 Å². The van der Waals surface area contributed by atoms with Gasteiger partial charge in [-0.25, -0.2) is 8.78 Å². The van der Waals surface area contributed by atoms with Crippen LogP contribution in [0.1, 0.15) is 19.3 Å². The number of piperidine rings is 1. The molecule has 0 radical (unpaired) electrons. The van der Waals surface area contributed by atoms with Crippen molar-refractivity contribution in [1.29, 1.82) is 0 Å². The highest BCUT2D eigenvalue weighted by Crippen LogP contribution is 2.29. The average Bonchev–Trinajstić information content (AvgIpc) is 2.43. The fourth-order valence-electron chi connectivity index (χ4n) is 2.35. The van der Waals surface area contributed by atoms with E-state index >= 15 is 0 Å². The summed E-state index contributed by atoms with van der Waals surface area (Å²) in [6.07, 6.45) is 2.30. The summed E-state index contributed by atoms with van der Waals surface area (Å²) in [5.74, 6) is -1.77. The molecule has 0 spiro atoms. The van der Waals surface area contributed by atoms with Crippen molar-refractivity contribution in [2.75, 3.05) is 17.8 Å². The molecule has 118 valence electrons. The Morgan fingerprint density at radius 3 is 2.71 bits per heavy atom. The molecule has 1 atom stereocenters. The smallest absolute Gasteiger partial charge is 0.302 e. The van der Waals surface area contributed by atoms with Gasteiger partial charge in [-0.2, -0.15) is 12.7 Å². The van der Waals surface area contributed by atoms with Crippen LogP contribution in [0.5, 0.6) is 0 Å². The summed E-state index contributed by atoms with van der Waals surface area (Å²) < 4.78 is 55.0. The maximum Gasteiger partial charge on any atom is 0.302 e. The highest BCUT2D eigenvalue weighted by molar-refractivity contribution is 9.10. The number of rotatable bonds is 4. The minimum absolute atomic E-state index is 0.00452. The number of hydrogen-bond acceptors (Lipinski definition) is 3. The lowest BCUT2D eigenvalue weighted by atomic mass is 10.1. The van der Waals surface area contributed by atoms with Crippen LogP contribution in [0.3, 0.4) is 0 Å². The molecule has 5 nitrogen and oxygen atoms in total. The van der Waals surface area contributed by atoms with Crippen LogP contribution >= 0.6 is 15.9 Å². The Bertz CT molecular complexity index is 604. The lowest BCUT2D eigenvalue weighted by molar-refractivity contribution is 0.259. The van der Waals surface area contributed by atoms with Crippen LogP contribution in [0.2, 0.25) is 0 Å². The molecule has 1 aromatic carbocycles. The molecule has 9 heteroatoms. The molecule has 1 aliphatic rings. The zero-order chi connectivity index (χ0) is 15.6. The standard InChI is InChI=1S/C12H16BrF2N3O2S/c13-10-5-8(14)6-11(15)12(10)17-21(19,20)18-4-2-1-3-9(18)7-16/h5-6,9,17H,1-4,7,16H2. The largest absolute Gasteiger partial charge is 0.329 e. The lowest BCUT2D eigenvalue weighted by Crippen LogP contribution is -2.49. The zero-order valence-corrected chi connectivity index (χ0v) is 13.6. The summed E-state index contributed by atoms with van der Waals surface area (Å²) >= 11 is 2.96. The molecule has 1 aliphatic heterocycles. The van der Waals surface area contributed by atoms with E-state index in [-0.39, 0.29) is 22.7 Å². The van der Waals surface area contributed by atoms with Crippen LogP contribution < -0.4 is 10.5 Å². The highest BCUT2D eigenvalue weighted by Gasteiger charge is 2.32. The third kappa shape index (κ3) is 3.71. The van der Waals surface area contributed by atoms with Crippen LogP contribution in [0, 0.1) is 11.6 Å². The summed E-state index contributed by atoms with van der Waals surface area (Å²) in [7, 11) is -3.94. The molecule has 2 rings (SSSR count). The number of hydrogen-bond donors (Lipinski definition) is 2. The van der Waals surface area contributed by atoms with Gasteiger partial charge in [0.1, 0.15) is 5.82 Å². The number of anilines is 1. The molecular formula is C12H16BrF2N3O2S. The van der Waals surface area contributed by atoms with Crippen LogP contribution in [-0.2, 0) is 10.2 Å². The molecule has 0 aromatic heterocycles. The predicted octanol–water partition coefficient (Wildman–Crippen LogP) is 2.20. The summed E-state index contributed by atoms with van der Waals surface area (Å²) in [5.41, 5.74) is 5.29. The monoisotopic (exact) mass is 383 g/mol. The van der Waals surface area contributed by atoms with Crippen LogP contribution in [-0.4, -0.2) is 31.9 Å². The lowest BCUT2D eigenvalue weighted by Gasteiger charge is -2.34. The normalized spacial score (nSPS) is 20.5. The SMILES string of the molecule is NCC1CCCCN1S(=O)(=O)Nc1c(F)cc(F)cc1Br. The molecule has 0 amide bonds. The Balaban J connectivity index is 2.29. The van der Waals surface area contributed by atoms with Gasteiger partial charge < -0.3 is 5.73 Å². The van der Waals surface area contributed by atoms with E-state index in [4.69, 9.17) is 5.73 Å². The van der Waals surface area contributed by atoms with Gasteiger partial charge in [-0.3, -0.25) is 4.72 Å². The second-order valence-corrected chi connectivity index (χ2v) is 7.33. The van der Waals surface area contributed by atoms with Crippen molar-refractivity contribution in [3.63, 3.8) is 0 Å². The van der Waals surface area contributed by atoms with E-state index in [1.807, 2.05) is 0 Å². The topological polar surface area (TPSA) is 75.4 Å². The summed E-state index contributed by atoms with van der Waals surface area (Å²) in [6.45, 7) is 0.533. The molecule has 1 heterocycles. The Morgan fingerprint density at radius 2 is 2.10 bits per heavy atom. The number of nitrogens with one attached hydrogen (secondary N) is 1. The third-order valence-corrected chi connectivity index (χ3v) is 5.58. The maximum absolute atomic E-state index is 13.7. The fraction of sp³-hybridized carbons (Fsp3) is 0.500. The molecule has 1 aromatic rings. The van der Waals surface area contributed by atoms with Crippen molar-refractivity contribution < 1.29 is 17.2 Å². The van der Waals surface area contributed by atoms with Gasteiger partial charge in [0.2, 0.25) is 0 Å². The van der Waals surface area contributed by atoms with Gasteiger partial charge in [0.05, 0.1) is 5.69 Å². The first-order valence-corrected chi connectivity index (χ1v) is 8.72. The minimum Gasteiger partial charge on any atom is -0.329 e. The first-order valence-electron chi connectivity index (χ1n) is 6.49. The first kappa shape index (κ1) is 16.6. The average molecular weight is 384 g/mol. The van der Waals surface area contributed by atoms with E-state index in [1.165, 1.54) is 4.31 Å². The number of halogens is 3. The highest BCUT2D eigenvalue weighted by atomic mass is 79.9. The van der Waals surface area contributed by atoms with Gasteiger partial charge >= 0.3 is 10.2 Å². The van der Waals surface area contributed by atoms with E-state index in [9.17, 15) is 17.2 Å². The quantitative estimate of drug-likeness (QED) is 0.836. The van der Waals surface area contributed by atoms with Gasteiger partial charge in [0, 0.05) is 29.7 Å². The van der Waals surface area contributed by atoms with Gasteiger partial charge in [-0.1, -0.05) is 6.42 Å². The number of nitrogens with zero attached hydrogens (tertiary/aromatic N) is 1. The molecular weight excluding hydrogens is 368 g/mol. The molecule has 0 saturated carbocycles. The Labute approximate surface area is 130 Å². The van der Waals surface area contributed by atoms with E-state index < -0.39 is 21.8 Å². The molecule has 21 heavy (non-hydrogen) atoms. The molecule has 1 fully saturated rings. The van der Waals surface area contributed by atoms with E-state index in [0.29, 0.717) is 19.0 Å². The third-order valence-electron chi connectivity index (χ3n) is 3.39. The van der Waals surface area contributed by atoms with Gasteiger partial charge in [0.25, 0.3) is 0 Å². The summed E-state index contributed by atoms with van der Waals surface area (Å²) in [4.78, 5) is 0. The van der Waals surface area contributed by atoms with Crippen molar-refractivity contribution in [2.24, 2.45) is 5.73 Å². The number of nitrogens with two attached hydrogens (primary N) is 1. The van der Waals surface area contributed by atoms with Crippen molar-refractivity contribution in [2.45, 2.75) is 25.3 Å². The maximum atomic E-state index is 13.7. The second kappa shape index (κ2) is 6.55.